The first-order valence-corrected chi connectivity index (χ1v) is 9.23. The van der Waals surface area contributed by atoms with Gasteiger partial charge in [-0.15, -0.1) is 0 Å². The van der Waals surface area contributed by atoms with Gasteiger partial charge in [-0.1, -0.05) is 6.92 Å². The quantitative estimate of drug-likeness (QED) is 0.739. The van der Waals surface area contributed by atoms with Crippen molar-refractivity contribution in [2.45, 2.75) is 59.0 Å². The van der Waals surface area contributed by atoms with E-state index in [-0.39, 0.29) is 12.5 Å². The number of rotatable bonds is 6. The molecule has 1 N–H and O–H groups in total. The molecule has 1 aliphatic carbocycles. The van der Waals surface area contributed by atoms with Crippen LogP contribution in [-0.2, 0) is 17.9 Å². The van der Waals surface area contributed by atoms with E-state index in [1.165, 1.54) is 18.4 Å². The average molecular weight is 352 g/mol. The van der Waals surface area contributed by atoms with E-state index in [9.17, 15) is 4.79 Å². The lowest BCUT2D eigenvalue weighted by atomic mass is 10.1. The van der Waals surface area contributed by atoms with Gasteiger partial charge < -0.3 is 5.32 Å². The van der Waals surface area contributed by atoms with E-state index in [2.05, 4.69) is 33.5 Å². The van der Waals surface area contributed by atoms with Gasteiger partial charge in [0.05, 0.1) is 5.69 Å². The van der Waals surface area contributed by atoms with Crippen LogP contribution in [0, 0.1) is 13.8 Å². The van der Waals surface area contributed by atoms with Crippen LogP contribution in [0.2, 0.25) is 0 Å². The number of fused-ring (bicyclic) bond motifs is 1. The molecule has 0 unspecified atom stereocenters. The zero-order valence-electron chi connectivity index (χ0n) is 15.5. The maximum Gasteiger partial charge on any atom is 0.247 e. The van der Waals surface area contributed by atoms with Crippen molar-refractivity contribution in [1.82, 2.24) is 24.5 Å². The number of carbonyl (C=O) groups excluding carboxylic acids is 1. The number of hydrogen-bond acceptors (Lipinski definition) is 4. The molecule has 1 saturated carbocycles. The first kappa shape index (κ1) is 16.8. The fraction of sp³-hybridized carbons (Fsp3) is 0.474. The Kier molecular flexibility index (Phi) is 4.22. The van der Waals surface area contributed by atoms with Gasteiger partial charge in [0.15, 0.2) is 11.5 Å². The standard InChI is InChI=1S/C19H24N6O/c1-4-9-24-12(2)10-16(23-24)21-17(26)11-25-19-18(13(3)22-25)15(7-8-20-19)14-5-6-14/h7-8,10,14H,4-6,9,11H2,1-3H3,(H,21,23,26). The van der Waals surface area contributed by atoms with E-state index < -0.39 is 0 Å². The minimum absolute atomic E-state index is 0.130. The van der Waals surface area contributed by atoms with Gasteiger partial charge in [-0.25, -0.2) is 9.67 Å². The molecule has 3 aromatic heterocycles. The minimum Gasteiger partial charge on any atom is -0.308 e. The van der Waals surface area contributed by atoms with E-state index in [1.807, 2.05) is 30.8 Å². The maximum absolute atomic E-state index is 12.5. The largest absolute Gasteiger partial charge is 0.308 e. The summed E-state index contributed by atoms with van der Waals surface area (Å²) in [6, 6.07) is 3.98. The SMILES string of the molecule is CCCn1nc(NC(=O)Cn2nc(C)c3c(C4CC4)ccnc32)cc1C. The second-order valence-corrected chi connectivity index (χ2v) is 7.06. The Morgan fingerprint density at radius 1 is 1.27 bits per heavy atom. The van der Waals surface area contributed by atoms with Gasteiger partial charge in [-0.05, 0) is 50.7 Å². The summed E-state index contributed by atoms with van der Waals surface area (Å²) in [6.07, 6.45) is 5.28. The van der Waals surface area contributed by atoms with E-state index >= 15 is 0 Å². The molecule has 1 aliphatic rings. The number of nitrogens with zero attached hydrogens (tertiary/aromatic N) is 5. The van der Waals surface area contributed by atoms with E-state index in [0.29, 0.717) is 11.7 Å². The molecule has 26 heavy (non-hydrogen) atoms. The molecule has 0 atom stereocenters. The maximum atomic E-state index is 12.5. The Bertz CT molecular complexity index is 966. The Morgan fingerprint density at radius 3 is 2.81 bits per heavy atom. The van der Waals surface area contributed by atoms with Crippen molar-refractivity contribution in [3.8, 4) is 0 Å². The van der Waals surface area contributed by atoms with Crippen molar-refractivity contribution in [2.24, 2.45) is 0 Å². The van der Waals surface area contributed by atoms with Crippen molar-refractivity contribution >= 4 is 22.8 Å². The first-order chi connectivity index (χ1) is 12.6. The third kappa shape index (κ3) is 3.09. The molecule has 0 saturated heterocycles. The van der Waals surface area contributed by atoms with Crippen LogP contribution in [0.4, 0.5) is 5.82 Å². The summed E-state index contributed by atoms with van der Waals surface area (Å²) in [4.78, 5) is 17.0. The minimum atomic E-state index is -0.144. The van der Waals surface area contributed by atoms with Crippen molar-refractivity contribution in [3.63, 3.8) is 0 Å². The summed E-state index contributed by atoms with van der Waals surface area (Å²) < 4.78 is 3.61. The summed E-state index contributed by atoms with van der Waals surface area (Å²) >= 11 is 0. The van der Waals surface area contributed by atoms with Gasteiger partial charge in [-0.2, -0.15) is 10.2 Å². The van der Waals surface area contributed by atoms with Crippen molar-refractivity contribution in [3.05, 3.63) is 35.3 Å². The van der Waals surface area contributed by atoms with Gasteiger partial charge in [-0.3, -0.25) is 9.48 Å². The average Bonchev–Trinajstić information content (AvgIpc) is 3.33. The number of aromatic nitrogens is 5. The molecule has 1 amide bonds. The molecule has 3 heterocycles. The van der Waals surface area contributed by atoms with Crippen LogP contribution >= 0.6 is 0 Å². The van der Waals surface area contributed by atoms with Crippen LogP contribution in [-0.4, -0.2) is 30.5 Å². The lowest BCUT2D eigenvalue weighted by molar-refractivity contribution is -0.116. The predicted octanol–water partition coefficient (Wildman–Crippen LogP) is 3.17. The van der Waals surface area contributed by atoms with E-state index in [1.54, 1.807) is 4.68 Å². The molecule has 7 nitrogen and oxygen atoms in total. The predicted molar refractivity (Wildman–Crippen MR) is 100 cm³/mol. The number of amides is 1. The lowest BCUT2D eigenvalue weighted by Crippen LogP contribution is -2.20. The molecule has 4 rings (SSSR count). The number of aryl methyl sites for hydroxylation is 3. The van der Waals surface area contributed by atoms with Crippen LogP contribution in [0.5, 0.6) is 0 Å². The fourth-order valence-corrected chi connectivity index (χ4v) is 3.48. The number of carbonyl (C=O) groups is 1. The molecular weight excluding hydrogens is 328 g/mol. The molecule has 0 radical (unpaired) electrons. The number of anilines is 1. The fourth-order valence-electron chi connectivity index (χ4n) is 3.48. The molecule has 7 heteroatoms. The van der Waals surface area contributed by atoms with Crippen LogP contribution in [0.25, 0.3) is 11.0 Å². The summed E-state index contributed by atoms with van der Waals surface area (Å²) in [7, 11) is 0. The third-order valence-electron chi connectivity index (χ3n) is 4.83. The summed E-state index contributed by atoms with van der Waals surface area (Å²) in [5.74, 6) is 1.06. The Morgan fingerprint density at radius 2 is 2.08 bits per heavy atom. The van der Waals surface area contributed by atoms with Gasteiger partial charge in [0.1, 0.15) is 6.54 Å². The van der Waals surface area contributed by atoms with Crippen molar-refractivity contribution in [1.29, 1.82) is 0 Å². The highest BCUT2D eigenvalue weighted by Gasteiger charge is 2.27. The summed E-state index contributed by atoms with van der Waals surface area (Å²) in [5.41, 5.74) is 4.08. The molecule has 0 bridgehead atoms. The van der Waals surface area contributed by atoms with Crippen LogP contribution in [0.15, 0.2) is 18.3 Å². The van der Waals surface area contributed by atoms with Gasteiger partial charge in [0, 0.05) is 29.9 Å². The van der Waals surface area contributed by atoms with Gasteiger partial charge >= 0.3 is 0 Å². The number of hydrogen-bond donors (Lipinski definition) is 1. The molecule has 0 aliphatic heterocycles. The van der Waals surface area contributed by atoms with E-state index in [4.69, 9.17) is 0 Å². The highest BCUT2D eigenvalue weighted by Crippen LogP contribution is 2.43. The smallest absolute Gasteiger partial charge is 0.247 e. The number of nitrogens with one attached hydrogen (secondary N) is 1. The Labute approximate surface area is 152 Å². The first-order valence-electron chi connectivity index (χ1n) is 9.23. The Balaban J connectivity index is 1.54. The second kappa shape index (κ2) is 6.55. The highest BCUT2D eigenvalue weighted by molar-refractivity contribution is 5.91. The van der Waals surface area contributed by atoms with Crippen molar-refractivity contribution in [2.75, 3.05) is 5.32 Å². The summed E-state index contributed by atoms with van der Waals surface area (Å²) in [5, 5.41) is 13.0. The molecular formula is C19H24N6O. The van der Waals surface area contributed by atoms with Crippen molar-refractivity contribution < 1.29 is 4.79 Å². The molecule has 0 aromatic carbocycles. The molecule has 1 fully saturated rings. The Hall–Kier alpha value is -2.70. The molecule has 0 spiro atoms. The van der Waals surface area contributed by atoms with Crippen LogP contribution in [0.1, 0.15) is 49.1 Å². The molecule has 3 aromatic rings. The summed E-state index contributed by atoms with van der Waals surface area (Å²) in [6.45, 7) is 7.06. The third-order valence-corrected chi connectivity index (χ3v) is 4.83. The van der Waals surface area contributed by atoms with Crippen LogP contribution in [0.3, 0.4) is 0 Å². The second-order valence-electron chi connectivity index (χ2n) is 7.06. The normalized spacial score (nSPS) is 14.1. The van der Waals surface area contributed by atoms with E-state index in [0.717, 1.165) is 35.4 Å². The number of pyridine rings is 1. The zero-order chi connectivity index (χ0) is 18.3. The van der Waals surface area contributed by atoms with Gasteiger partial charge in [0.2, 0.25) is 5.91 Å². The lowest BCUT2D eigenvalue weighted by Gasteiger charge is -2.05. The van der Waals surface area contributed by atoms with Gasteiger partial charge in [0.25, 0.3) is 0 Å². The molecule has 136 valence electrons. The highest BCUT2D eigenvalue weighted by atomic mass is 16.2. The van der Waals surface area contributed by atoms with Crippen LogP contribution < -0.4 is 5.32 Å². The topological polar surface area (TPSA) is 77.6 Å². The zero-order valence-corrected chi connectivity index (χ0v) is 15.5. The monoisotopic (exact) mass is 352 g/mol.